The van der Waals surface area contributed by atoms with Crippen molar-refractivity contribution in [1.82, 2.24) is 0 Å². The largest absolute Gasteiger partial charge is 0.455 e. The molecule has 10 heteroatoms. The van der Waals surface area contributed by atoms with Gasteiger partial charge in [-0.3, -0.25) is 19.7 Å². The Morgan fingerprint density at radius 1 is 1.15 bits per heavy atom. The number of halogens is 2. The van der Waals surface area contributed by atoms with E-state index in [2.05, 4.69) is 5.32 Å². The molecule has 2 aromatic carbocycles. The highest BCUT2D eigenvalue weighted by molar-refractivity contribution is 8.00. The fourth-order valence-corrected chi connectivity index (χ4v) is 2.80. The number of esters is 1. The van der Waals surface area contributed by atoms with Gasteiger partial charge in [-0.05, 0) is 36.4 Å². The summed E-state index contributed by atoms with van der Waals surface area (Å²) in [7, 11) is 0. The number of nitro groups is 1. The van der Waals surface area contributed by atoms with Crippen molar-refractivity contribution in [3.8, 4) is 0 Å². The third kappa shape index (κ3) is 6.21. The van der Waals surface area contributed by atoms with Gasteiger partial charge in [-0.1, -0.05) is 23.2 Å². The van der Waals surface area contributed by atoms with E-state index in [0.29, 0.717) is 5.02 Å². The summed E-state index contributed by atoms with van der Waals surface area (Å²) in [4.78, 5) is 34.4. The molecule has 0 atom stereocenters. The van der Waals surface area contributed by atoms with Gasteiger partial charge in [0.15, 0.2) is 6.61 Å². The third-order valence-corrected chi connectivity index (χ3v) is 4.52. The molecule has 0 saturated heterocycles. The lowest BCUT2D eigenvalue weighted by atomic mass is 10.3. The number of amides is 1. The Hall–Kier alpha value is -2.29. The lowest BCUT2D eigenvalue weighted by Gasteiger charge is -2.07. The highest BCUT2D eigenvalue weighted by Gasteiger charge is 2.14. The van der Waals surface area contributed by atoms with Gasteiger partial charge in [-0.25, -0.2) is 0 Å². The van der Waals surface area contributed by atoms with Crippen LogP contribution < -0.4 is 5.32 Å². The summed E-state index contributed by atoms with van der Waals surface area (Å²) in [5.74, 6) is -1.16. The van der Waals surface area contributed by atoms with Crippen molar-refractivity contribution in [3.63, 3.8) is 0 Å². The fourth-order valence-electron chi connectivity index (χ4n) is 1.79. The SMILES string of the molecule is O=C(COC(=O)CSc1ccc(Cl)cc1)Nc1ccc(Cl)c([N+](=O)[O-])c1. The van der Waals surface area contributed by atoms with E-state index in [9.17, 15) is 19.7 Å². The smallest absolute Gasteiger partial charge is 0.316 e. The Morgan fingerprint density at radius 2 is 1.85 bits per heavy atom. The molecule has 1 amide bonds. The highest BCUT2D eigenvalue weighted by Crippen LogP contribution is 2.27. The van der Waals surface area contributed by atoms with Gasteiger partial charge in [-0.2, -0.15) is 0 Å². The number of rotatable bonds is 7. The first-order valence-corrected chi connectivity index (χ1v) is 8.87. The molecule has 2 rings (SSSR count). The van der Waals surface area contributed by atoms with Gasteiger partial charge >= 0.3 is 5.97 Å². The molecule has 7 nitrogen and oxygen atoms in total. The molecule has 0 bridgehead atoms. The van der Waals surface area contributed by atoms with Gasteiger partial charge in [-0.15, -0.1) is 11.8 Å². The maximum absolute atomic E-state index is 11.8. The molecule has 0 unspecified atom stereocenters. The topological polar surface area (TPSA) is 98.5 Å². The van der Waals surface area contributed by atoms with E-state index >= 15 is 0 Å². The van der Waals surface area contributed by atoms with Crippen LogP contribution in [0.25, 0.3) is 0 Å². The second kappa shape index (κ2) is 9.42. The first-order valence-electron chi connectivity index (χ1n) is 7.13. The van der Waals surface area contributed by atoms with E-state index in [4.69, 9.17) is 27.9 Å². The van der Waals surface area contributed by atoms with E-state index in [-0.39, 0.29) is 22.2 Å². The Morgan fingerprint density at radius 3 is 2.50 bits per heavy atom. The van der Waals surface area contributed by atoms with Gasteiger partial charge in [0.05, 0.1) is 10.7 Å². The zero-order chi connectivity index (χ0) is 19.1. The van der Waals surface area contributed by atoms with Crippen LogP contribution in [0.2, 0.25) is 10.0 Å². The Labute approximate surface area is 162 Å². The molecule has 0 aliphatic rings. The number of hydrogen-bond acceptors (Lipinski definition) is 6. The zero-order valence-corrected chi connectivity index (χ0v) is 15.4. The molecule has 0 saturated carbocycles. The van der Waals surface area contributed by atoms with Crippen LogP contribution in [0.5, 0.6) is 0 Å². The minimum atomic E-state index is -0.661. The fraction of sp³-hybridized carbons (Fsp3) is 0.125. The number of carbonyl (C=O) groups is 2. The Balaban J connectivity index is 1.79. The maximum atomic E-state index is 11.8. The van der Waals surface area contributed by atoms with Gasteiger partial charge in [0.2, 0.25) is 0 Å². The number of ether oxygens (including phenoxy) is 1. The summed E-state index contributed by atoms with van der Waals surface area (Å²) in [6, 6.07) is 10.8. The number of nitro benzene ring substituents is 1. The first kappa shape index (κ1) is 20.0. The molecule has 26 heavy (non-hydrogen) atoms. The molecular formula is C16H12Cl2N2O5S. The van der Waals surface area contributed by atoms with Crippen LogP contribution in [0.3, 0.4) is 0 Å². The van der Waals surface area contributed by atoms with Crippen molar-refractivity contribution in [1.29, 1.82) is 0 Å². The van der Waals surface area contributed by atoms with E-state index in [1.165, 1.54) is 23.9 Å². The summed E-state index contributed by atoms with van der Waals surface area (Å²) in [5, 5.41) is 13.8. The van der Waals surface area contributed by atoms with Crippen molar-refractivity contribution in [2.24, 2.45) is 0 Å². The van der Waals surface area contributed by atoms with E-state index < -0.39 is 23.4 Å². The summed E-state index contributed by atoms with van der Waals surface area (Å²) >= 11 is 12.7. The second-order valence-electron chi connectivity index (χ2n) is 4.87. The number of nitrogens with one attached hydrogen (secondary N) is 1. The molecule has 0 aliphatic carbocycles. The Kier molecular flexibility index (Phi) is 7.26. The van der Waals surface area contributed by atoms with Crippen molar-refractivity contribution < 1.29 is 19.2 Å². The Bertz CT molecular complexity index is 830. The molecule has 1 N–H and O–H groups in total. The van der Waals surface area contributed by atoms with Crippen molar-refractivity contribution >= 4 is 58.2 Å². The zero-order valence-electron chi connectivity index (χ0n) is 13.1. The molecule has 0 aliphatic heterocycles. The average molecular weight is 415 g/mol. The van der Waals surface area contributed by atoms with E-state index in [1.807, 2.05) is 0 Å². The average Bonchev–Trinajstić information content (AvgIpc) is 2.61. The van der Waals surface area contributed by atoms with Crippen LogP contribution in [0.15, 0.2) is 47.4 Å². The molecule has 2 aromatic rings. The standard InChI is InChI=1S/C16H12Cl2N2O5S/c17-10-1-4-12(5-2-10)26-9-16(22)25-8-15(21)19-11-3-6-13(18)14(7-11)20(23)24/h1-7H,8-9H2,(H,19,21). The summed E-state index contributed by atoms with van der Waals surface area (Å²) in [5.41, 5.74) is -0.154. The van der Waals surface area contributed by atoms with Crippen LogP contribution in [0, 0.1) is 10.1 Å². The number of anilines is 1. The molecule has 0 spiro atoms. The monoisotopic (exact) mass is 414 g/mol. The number of nitrogens with zero attached hydrogens (tertiary/aromatic N) is 1. The molecule has 0 fully saturated rings. The van der Waals surface area contributed by atoms with Crippen LogP contribution in [0.4, 0.5) is 11.4 Å². The lowest BCUT2D eigenvalue weighted by molar-refractivity contribution is -0.384. The summed E-state index contributed by atoms with van der Waals surface area (Å²) in [6.07, 6.45) is 0. The summed E-state index contributed by atoms with van der Waals surface area (Å²) in [6.45, 7) is -0.504. The number of carbonyl (C=O) groups excluding carboxylic acids is 2. The van der Waals surface area contributed by atoms with Gasteiger partial charge in [0.1, 0.15) is 5.02 Å². The maximum Gasteiger partial charge on any atom is 0.316 e. The number of benzene rings is 2. The van der Waals surface area contributed by atoms with Gasteiger partial charge in [0.25, 0.3) is 11.6 Å². The van der Waals surface area contributed by atoms with Crippen molar-refractivity contribution in [2.75, 3.05) is 17.7 Å². The van der Waals surface area contributed by atoms with Crippen LogP contribution in [-0.2, 0) is 14.3 Å². The molecular weight excluding hydrogens is 403 g/mol. The molecule has 0 aromatic heterocycles. The third-order valence-electron chi connectivity index (χ3n) is 2.96. The predicted molar refractivity (Wildman–Crippen MR) is 99.9 cm³/mol. The predicted octanol–water partition coefficient (Wildman–Crippen LogP) is 4.18. The van der Waals surface area contributed by atoms with E-state index in [0.717, 1.165) is 11.0 Å². The normalized spacial score (nSPS) is 10.2. The molecule has 136 valence electrons. The van der Waals surface area contributed by atoms with Crippen LogP contribution in [0.1, 0.15) is 0 Å². The highest BCUT2D eigenvalue weighted by atomic mass is 35.5. The second-order valence-corrected chi connectivity index (χ2v) is 6.77. The van der Waals surface area contributed by atoms with Gasteiger partial charge < -0.3 is 10.1 Å². The lowest BCUT2D eigenvalue weighted by Crippen LogP contribution is -2.21. The minimum Gasteiger partial charge on any atom is -0.455 e. The summed E-state index contributed by atoms with van der Waals surface area (Å²) < 4.78 is 4.87. The first-order chi connectivity index (χ1) is 12.3. The number of thioether (sulfide) groups is 1. The van der Waals surface area contributed by atoms with Crippen molar-refractivity contribution in [2.45, 2.75) is 4.90 Å². The van der Waals surface area contributed by atoms with E-state index in [1.54, 1.807) is 24.3 Å². The number of hydrogen-bond donors (Lipinski definition) is 1. The van der Waals surface area contributed by atoms with Crippen molar-refractivity contribution in [3.05, 3.63) is 62.6 Å². The van der Waals surface area contributed by atoms with Crippen LogP contribution >= 0.6 is 35.0 Å². The molecule has 0 heterocycles. The van der Waals surface area contributed by atoms with Crippen LogP contribution in [-0.4, -0.2) is 29.2 Å². The minimum absolute atomic E-state index is 0.0291. The van der Waals surface area contributed by atoms with Gasteiger partial charge in [0, 0.05) is 21.7 Å². The quantitative estimate of drug-likeness (QED) is 0.315. The molecule has 0 radical (unpaired) electrons.